The highest BCUT2D eigenvalue weighted by Crippen LogP contribution is 2.65. The number of aromatic nitrogens is 1. The first-order valence-corrected chi connectivity index (χ1v) is 21.4. The molecule has 2 aromatic carbocycles. The Balaban J connectivity index is 1.30. The average Bonchev–Trinajstić information content (AvgIpc) is 3.13. The van der Waals surface area contributed by atoms with Gasteiger partial charge in [-0.25, -0.2) is 22.5 Å². The van der Waals surface area contributed by atoms with Gasteiger partial charge in [-0.2, -0.15) is 0 Å². The minimum Gasteiger partial charge on any atom is -0.756 e. The van der Waals surface area contributed by atoms with Gasteiger partial charge in [-0.15, -0.1) is 0 Å². The number of benzene rings is 2. The van der Waals surface area contributed by atoms with Crippen LogP contribution in [0, 0.1) is 5.41 Å². The van der Waals surface area contributed by atoms with Crippen LogP contribution in [0.2, 0.25) is 0 Å². The summed E-state index contributed by atoms with van der Waals surface area (Å²) in [4.78, 5) is 89.9. The van der Waals surface area contributed by atoms with Gasteiger partial charge < -0.3 is 29.2 Å². The van der Waals surface area contributed by atoms with Gasteiger partial charge in [0, 0.05) is 69.9 Å². The van der Waals surface area contributed by atoms with Crippen LogP contribution in [-0.4, -0.2) is 94.1 Å². The Morgan fingerprint density at radius 3 is 2.36 bits per heavy atom. The first-order chi connectivity index (χ1) is 25.6. The van der Waals surface area contributed by atoms with E-state index in [0.29, 0.717) is 44.7 Å². The molecule has 0 spiro atoms. The fourth-order valence-corrected chi connectivity index (χ4v) is 9.64. The molecule has 3 unspecified atom stereocenters. The van der Waals surface area contributed by atoms with Gasteiger partial charge >= 0.3 is 21.6 Å². The molecule has 0 bridgehead atoms. The number of fused-ring (bicyclic) bond motifs is 2. The maximum atomic E-state index is 13.8. The van der Waals surface area contributed by atoms with Crippen LogP contribution in [0.5, 0.6) is 5.75 Å². The number of ether oxygens (including phenoxy) is 1. The van der Waals surface area contributed by atoms with Crippen molar-refractivity contribution < 1.29 is 65.6 Å². The van der Waals surface area contributed by atoms with Gasteiger partial charge in [-0.3, -0.25) is 28.9 Å². The number of phosphoric acid groups is 3. The van der Waals surface area contributed by atoms with E-state index in [4.69, 9.17) is 19.1 Å². The molecule has 5 rings (SSSR count). The molecule has 22 heteroatoms. The van der Waals surface area contributed by atoms with Crippen LogP contribution in [0.4, 0.5) is 11.4 Å². The Bertz CT molecular complexity index is 2080. The van der Waals surface area contributed by atoms with E-state index in [-0.39, 0.29) is 29.6 Å². The van der Waals surface area contributed by atoms with Crippen molar-refractivity contribution in [3.8, 4) is 5.75 Å². The molecule has 3 N–H and O–H groups in total. The van der Waals surface area contributed by atoms with Gasteiger partial charge in [0.15, 0.2) is 11.1 Å². The van der Waals surface area contributed by atoms with Crippen LogP contribution in [-0.2, 0) is 49.5 Å². The van der Waals surface area contributed by atoms with E-state index in [9.17, 15) is 37.9 Å². The molecule has 3 heterocycles. The molecular weight excluding hydrogens is 783 g/mol. The van der Waals surface area contributed by atoms with Crippen molar-refractivity contribution in [3.05, 3.63) is 83.7 Å². The summed E-state index contributed by atoms with van der Waals surface area (Å²) in [6, 6.07) is 15.5. The summed E-state index contributed by atoms with van der Waals surface area (Å²) >= 11 is 0. The molecule has 19 nitrogen and oxygen atoms in total. The lowest BCUT2D eigenvalue weighted by atomic mass is 9.90. The van der Waals surface area contributed by atoms with Gasteiger partial charge in [0.1, 0.15) is 18.5 Å². The van der Waals surface area contributed by atoms with Crippen LogP contribution in [0.1, 0.15) is 41.8 Å². The van der Waals surface area contributed by atoms with Gasteiger partial charge in [-0.05, 0) is 62.1 Å². The molecular formula is C33H42N5O14P3. The number of carbonyl (C=O) groups is 3. The topological polar surface area (TPSA) is 246 Å². The van der Waals surface area contributed by atoms with Gasteiger partial charge in [-0.1, -0.05) is 27.5 Å². The predicted octanol–water partition coefficient (Wildman–Crippen LogP) is 3.14. The molecule has 0 radical (unpaired) electrons. The maximum Gasteiger partial charge on any atom is 0.525 e. The number of amides is 3. The largest absolute Gasteiger partial charge is 0.756 e. The van der Waals surface area contributed by atoms with Crippen LogP contribution < -0.4 is 19.2 Å². The van der Waals surface area contributed by atoms with Crippen molar-refractivity contribution in [2.45, 2.75) is 33.2 Å². The Labute approximate surface area is 317 Å². The van der Waals surface area contributed by atoms with Crippen LogP contribution >= 0.6 is 23.5 Å². The van der Waals surface area contributed by atoms with Crippen LogP contribution in [0.3, 0.4) is 0 Å². The van der Waals surface area contributed by atoms with Gasteiger partial charge in [0.2, 0.25) is 5.91 Å². The van der Waals surface area contributed by atoms with Crippen molar-refractivity contribution in [1.29, 1.82) is 0 Å². The molecule has 0 aliphatic carbocycles. The lowest BCUT2D eigenvalue weighted by molar-refractivity contribution is -0.212. The van der Waals surface area contributed by atoms with Crippen molar-refractivity contribution >= 4 is 52.6 Å². The maximum absolute atomic E-state index is 13.8. The zero-order valence-electron chi connectivity index (χ0n) is 30.4. The van der Waals surface area contributed by atoms with Gasteiger partial charge in [0.05, 0.1) is 6.61 Å². The van der Waals surface area contributed by atoms with E-state index in [2.05, 4.69) is 18.5 Å². The molecule has 298 valence electrons. The third-order valence-corrected chi connectivity index (χ3v) is 12.9. The number of hydroxylamine groups is 2. The van der Waals surface area contributed by atoms with E-state index >= 15 is 0 Å². The fourth-order valence-electron chi connectivity index (χ4n) is 6.50. The first-order valence-electron chi connectivity index (χ1n) is 16.9. The zero-order chi connectivity index (χ0) is 40.4. The van der Waals surface area contributed by atoms with Crippen molar-refractivity contribution in [3.63, 3.8) is 0 Å². The molecule has 3 atom stereocenters. The molecule has 2 aliphatic rings. The number of rotatable bonds is 16. The Morgan fingerprint density at radius 2 is 1.67 bits per heavy atom. The number of quaternary nitrogens is 1. The third-order valence-electron chi connectivity index (χ3n) is 9.12. The summed E-state index contributed by atoms with van der Waals surface area (Å²) in [5.41, 5.74) is 0.663. The van der Waals surface area contributed by atoms with E-state index in [0.717, 1.165) is 29.5 Å². The minimum atomic E-state index is -6.18. The lowest BCUT2D eigenvalue weighted by Gasteiger charge is -2.33. The number of pyridine rings is 1. The molecule has 0 saturated heterocycles. The molecule has 0 saturated carbocycles. The second-order valence-electron chi connectivity index (χ2n) is 13.6. The number of carbonyl (C=O) groups excluding carboxylic acids is 3. The van der Waals surface area contributed by atoms with E-state index in [1.807, 2.05) is 41.3 Å². The third kappa shape index (κ3) is 10.2. The van der Waals surface area contributed by atoms with E-state index in [1.54, 1.807) is 12.4 Å². The lowest BCUT2D eigenvalue weighted by Crippen LogP contribution is -2.57. The molecule has 3 aromatic rings. The van der Waals surface area contributed by atoms with E-state index < -0.39 is 45.3 Å². The standard InChI is InChI=1S/C33H42N5O14P3/c1-33(2)31(40)35(3)28-22-26(10-11-29(28)38(4,32(33)41)50-54(45,46)52-55(47,48)51-53(42,43)44)49-21-7-17-36(23-24-12-15-34-16-13-24)19-20-37-18-14-25-8-5-6-9-27(25)30(37)39/h5-6,8-13,15-16,22H,7,14,17-21,23H2,1-4H3,(H3-,42,43,44,45,46,47,48). The number of hydrogen-bond donors (Lipinski definition) is 3. The highest BCUT2D eigenvalue weighted by atomic mass is 31.3. The van der Waals surface area contributed by atoms with Crippen LogP contribution in [0.25, 0.3) is 0 Å². The second kappa shape index (κ2) is 16.4. The fraction of sp³-hybridized carbons (Fsp3) is 0.394. The summed E-state index contributed by atoms with van der Waals surface area (Å²) in [6.45, 7) is 5.57. The van der Waals surface area contributed by atoms with Gasteiger partial charge in [0.25, 0.3) is 13.7 Å². The van der Waals surface area contributed by atoms with Crippen molar-refractivity contribution in [1.82, 2.24) is 19.4 Å². The normalized spacial score (nSPS) is 20.7. The number of hydrogen-bond acceptors (Lipinski definition) is 13. The highest BCUT2D eigenvalue weighted by molar-refractivity contribution is 7.65. The summed E-state index contributed by atoms with van der Waals surface area (Å²) in [5.74, 6) is -1.62. The molecule has 1 aromatic heterocycles. The second-order valence-corrected chi connectivity index (χ2v) is 17.8. The number of anilines is 1. The first kappa shape index (κ1) is 42.5. The smallest absolute Gasteiger partial charge is 0.525 e. The summed E-state index contributed by atoms with van der Waals surface area (Å²) in [7, 11) is -15.5. The van der Waals surface area contributed by atoms with E-state index in [1.165, 1.54) is 39.1 Å². The zero-order valence-corrected chi connectivity index (χ0v) is 33.1. The minimum absolute atomic E-state index is 0.000406. The Hall–Kier alpha value is -3.67. The summed E-state index contributed by atoms with van der Waals surface area (Å²) in [6.07, 6.45) is 4.73. The Morgan fingerprint density at radius 1 is 0.982 bits per heavy atom. The SMILES string of the molecule is CN1C(=O)C(C)(C)C(=O)[N+](C)(OP(=O)(O)OP(=O)([O-])OP(=O)(O)O)c2ccc(OCCCN(CCN3CCc4ccccc4C3=O)Cc3ccncc3)cc21. The monoisotopic (exact) mass is 825 g/mol. The van der Waals surface area contributed by atoms with Crippen molar-refractivity contribution in [2.75, 3.05) is 51.8 Å². The highest BCUT2D eigenvalue weighted by Gasteiger charge is 2.59. The quantitative estimate of drug-likeness (QED) is 0.0813. The summed E-state index contributed by atoms with van der Waals surface area (Å²) in [5, 5.41) is 0. The summed E-state index contributed by atoms with van der Waals surface area (Å²) < 4.78 is 52.9. The average molecular weight is 826 g/mol. The molecule has 2 aliphatic heterocycles. The number of nitrogens with zero attached hydrogens (tertiary/aromatic N) is 5. The van der Waals surface area contributed by atoms with Crippen LogP contribution in [0.15, 0.2) is 67.0 Å². The molecule has 55 heavy (non-hydrogen) atoms. The molecule has 0 fully saturated rings. The molecule has 3 amide bonds. The Kier molecular flexibility index (Phi) is 12.7. The van der Waals surface area contributed by atoms with Crippen molar-refractivity contribution in [2.24, 2.45) is 5.41 Å². The predicted molar refractivity (Wildman–Crippen MR) is 195 cm³/mol.